The molecular formula is C43H52F2N6O2Si. The summed E-state index contributed by atoms with van der Waals surface area (Å²) >= 11 is 0. The molecule has 9 rings (SSSR count). The van der Waals surface area contributed by atoms with E-state index in [0.29, 0.717) is 63.3 Å². The molecule has 5 fully saturated rings. The highest BCUT2D eigenvalue weighted by atomic mass is 28.3. The molecule has 1 aliphatic carbocycles. The van der Waals surface area contributed by atoms with Crippen LogP contribution < -0.4 is 15.0 Å². The summed E-state index contributed by atoms with van der Waals surface area (Å²) in [6.07, 6.45) is 8.46. The minimum Gasteiger partial charge on any atom is -0.508 e. The van der Waals surface area contributed by atoms with Crippen molar-refractivity contribution < 1.29 is 18.6 Å². The van der Waals surface area contributed by atoms with E-state index >= 15 is 8.78 Å². The summed E-state index contributed by atoms with van der Waals surface area (Å²) in [6.45, 7) is 16.4. The van der Waals surface area contributed by atoms with Crippen molar-refractivity contribution in [1.29, 1.82) is 0 Å². The van der Waals surface area contributed by atoms with Gasteiger partial charge in [0.1, 0.15) is 43.3 Å². The van der Waals surface area contributed by atoms with Gasteiger partial charge < -0.3 is 20.1 Å². The molecule has 4 saturated heterocycles. The second-order valence-electron chi connectivity index (χ2n) is 17.8. The first-order chi connectivity index (χ1) is 25.9. The lowest BCUT2D eigenvalue weighted by Gasteiger charge is -2.38. The van der Waals surface area contributed by atoms with Crippen molar-refractivity contribution in [2.24, 2.45) is 5.92 Å². The predicted molar refractivity (Wildman–Crippen MR) is 213 cm³/mol. The van der Waals surface area contributed by atoms with Gasteiger partial charge in [-0.1, -0.05) is 53.5 Å². The minimum atomic E-state index is -2.25. The molecule has 2 bridgehead atoms. The quantitative estimate of drug-likeness (QED) is 0.137. The highest BCUT2D eigenvalue weighted by molar-refractivity contribution is 6.90. The van der Waals surface area contributed by atoms with Gasteiger partial charge >= 0.3 is 6.01 Å². The maximum absolute atomic E-state index is 17.4. The Morgan fingerprint density at radius 1 is 1.04 bits per heavy atom. The number of piperidine rings is 1. The Bertz CT molecular complexity index is 2190. The van der Waals surface area contributed by atoms with Crippen LogP contribution in [-0.4, -0.2) is 82.9 Å². The van der Waals surface area contributed by atoms with Crippen molar-refractivity contribution in [2.75, 3.05) is 31.1 Å². The largest absolute Gasteiger partial charge is 0.508 e. The van der Waals surface area contributed by atoms with Gasteiger partial charge in [0.25, 0.3) is 0 Å². The van der Waals surface area contributed by atoms with E-state index in [4.69, 9.17) is 19.7 Å². The molecule has 54 heavy (non-hydrogen) atoms. The molecule has 1 saturated carbocycles. The molecule has 284 valence electrons. The summed E-state index contributed by atoms with van der Waals surface area (Å²) in [5, 5.41) is 16.1. The van der Waals surface area contributed by atoms with Gasteiger partial charge in [-0.3, -0.25) is 9.88 Å². The highest BCUT2D eigenvalue weighted by Gasteiger charge is 2.61. The van der Waals surface area contributed by atoms with E-state index in [-0.39, 0.29) is 39.6 Å². The van der Waals surface area contributed by atoms with Crippen LogP contribution in [0.15, 0.2) is 30.5 Å². The Morgan fingerprint density at radius 2 is 1.78 bits per heavy atom. The number of aromatic nitrogens is 3. The Kier molecular flexibility index (Phi) is 8.71. The molecule has 5 aliphatic rings. The summed E-state index contributed by atoms with van der Waals surface area (Å²) in [6, 6.07) is 7.54. The Labute approximate surface area is 318 Å². The van der Waals surface area contributed by atoms with Crippen molar-refractivity contribution in [3.8, 4) is 34.5 Å². The molecule has 4 aliphatic heterocycles. The van der Waals surface area contributed by atoms with Crippen molar-refractivity contribution >= 4 is 35.6 Å². The topological polar surface area (TPSA) is 86.6 Å². The smallest absolute Gasteiger partial charge is 0.319 e. The van der Waals surface area contributed by atoms with Crippen LogP contribution in [0.4, 0.5) is 14.6 Å². The Hall–Kier alpha value is -3.85. The number of piperazine rings is 1. The highest BCUT2D eigenvalue weighted by Crippen LogP contribution is 2.57. The van der Waals surface area contributed by atoms with Crippen LogP contribution in [0.25, 0.3) is 32.9 Å². The monoisotopic (exact) mass is 750 g/mol. The fourth-order valence-corrected chi connectivity index (χ4v) is 16.5. The fourth-order valence-electron chi connectivity index (χ4n) is 11.3. The van der Waals surface area contributed by atoms with E-state index in [1.165, 1.54) is 18.6 Å². The van der Waals surface area contributed by atoms with E-state index in [2.05, 4.69) is 68.1 Å². The molecule has 11 heteroatoms. The number of phenols is 1. The number of benzene rings is 2. The van der Waals surface area contributed by atoms with E-state index in [1.54, 1.807) is 18.3 Å². The first-order valence-electron chi connectivity index (χ1n) is 20.1. The third-order valence-corrected chi connectivity index (χ3v) is 20.1. The molecule has 6 heterocycles. The van der Waals surface area contributed by atoms with Gasteiger partial charge in [-0.25, -0.2) is 8.78 Å². The van der Waals surface area contributed by atoms with E-state index in [1.807, 2.05) is 0 Å². The van der Waals surface area contributed by atoms with Gasteiger partial charge in [-0.05, 0) is 91.2 Å². The lowest BCUT2D eigenvalue weighted by molar-refractivity contribution is 0.0867. The summed E-state index contributed by atoms with van der Waals surface area (Å²) < 4.78 is 40.0. The van der Waals surface area contributed by atoms with E-state index in [9.17, 15) is 5.11 Å². The van der Waals surface area contributed by atoms with Crippen LogP contribution in [0.5, 0.6) is 11.8 Å². The number of halogens is 2. The number of aromatic hydroxyl groups is 1. The SMILES string of the molecule is CC(C)[Si](C#Cc1c(F)ccc2cc(O)cc(-c3ncc4c(N5C[C@H]6CC[C@@H](C5)N6)nc(OCC56CCCN5C5CC5C6)nc4c3F)c12)(C(C)C)C(C)C. The Balaban J connectivity index is 1.19. The third kappa shape index (κ3) is 5.69. The van der Waals surface area contributed by atoms with Crippen molar-refractivity contribution in [3.63, 3.8) is 0 Å². The van der Waals surface area contributed by atoms with Gasteiger partial charge in [0, 0.05) is 48.4 Å². The molecule has 2 aromatic heterocycles. The minimum absolute atomic E-state index is 0.00862. The van der Waals surface area contributed by atoms with Crippen molar-refractivity contribution in [1.82, 2.24) is 25.2 Å². The van der Waals surface area contributed by atoms with Gasteiger partial charge in [0.15, 0.2) is 5.82 Å². The van der Waals surface area contributed by atoms with Crippen LogP contribution in [0.3, 0.4) is 0 Å². The summed E-state index contributed by atoms with van der Waals surface area (Å²) in [7, 11) is -2.25. The number of rotatable bonds is 8. The number of fused-ring (bicyclic) bond motifs is 7. The fraction of sp³-hybridized carbons (Fsp3) is 0.558. The van der Waals surface area contributed by atoms with E-state index < -0.39 is 19.7 Å². The average Bonchev–Trinajstić information content (AvgIpc) is 3.44. The molecule has 4 aromatic rings. The molecule has 0 amide bonds. The van der Waals surface area contributed by atoms with Crippen LogP contribution in [0.1, 0.15) is 85.6 Å². The standard InChI is InChI=1S/C43H52F2N6O2Si/c1-24(2)54(25(3)4,26(5)6)15-12-32-35(44)11-8-27-16-31(52)18-33(37(27)32)39-38(45)40-34(20-46-39)41(50-21-29-9-10-30(22-50)47-29)49-42(48-40)53-23-43-13-7-14-51(43)36-17-28(36)19-43/h8,11,16,18,20,24-26,28-30,36,47,52H,7,9-10,13-14,17,19,21-23H2,1-6H3/t28?,29-,30+,36?,43?. The maximum Gasteiger partial charge on any atom is 0.319 e. The van der Waals surface area contributed by atoms with Gasteiger partial charge in [0.05, 0.1) is 16.5 Å². The molecular weight excluding hydrogens is 699 g/mol. The number of hydrogen-bond acceptors (Lipinski definition) is 8. The molecule has 2 aromatic carbocycles. The zero-order valence-electron chi connectivity index (χ0n) is 32.3. The second kappa shape index (κ2) is 13.1. The zero-order valence-corrected chi connectivity index (χ0v) is 33.3. The van der Waals surface area contributed by atoms with Crippen LogP contribution in [-0.2, 0) is 0 Å². The molecule has 5 atom stereocenters. The second-order valence-corrected chi connectivity index (χ2v) is 23.4. The van der Waals surface area contributed by atoms with Crippen LogP contribution in [0.2, 0.25) is 16.6 Å². The third-order valence-electron chi connectivity index (χ3n) is 13.8. The molecule has 8 nitrogen and oxygen atoms in total. The average molecular weight is 751 g/mol. The summed E-state index contributed by atoms with van der Waals surface area (Å²) in [5.41, 5.74) is 5.24. The lowest BCUT2D eigenvalue weighted by atomic mass is 9.93. The number of phenolic OH excluding ortho intramolecular Hbond substituents is 1. The van der Waals surface area contributed by atoms with Gasteiger partial charge in [-0.2, -0.15) is 9.97 Å². The number of nitrogens with one attached hydrogen (secondary N) is 1. The number of hydrogen-bond donors (Lipinski definition) is 2. The van der Waals surface area contributed by atoms with Crippen molar-refractivity contribution in [2.45, 2.75) is 120 Å². The molecule has 0 spiro atoms. The first-order valence-corrected chi connectivity index (χ1v) is 22.4. The van der Waals surface area contributed by atoms with Crippen molar-refractivity contribution in [3.05, 3.63) is 47.7 Å². The number of ether oxygens (including phenoxy) is 1. The summed E-state index contributed by atoms with van der Waals surface area (Å²) in [5.74, 6) is 3.47. The number of anilines is 1. The first kappa shape index (κ1) is 35.8. The van der Waals surface area contributed by atoms with Crippen LogP contribution >= 0.6 is 0 Å². The van der Waals surface area contributed by atoms with Crippen LogP contribution in [0, 0.1) is 29.0 Å². The molecule has 2 N–H and O–H groups in total. The molecule has 0 radical (unpaired) electrons. The van der Waals surface area contributed by atoms with Gasteiger partial charge in [-0.15, -0.1) is 5.54 Å². The predicted octanol–water partition coefficient (Wildman–Crippen LogP) is 8.34. The number of nitrogens with zero attached hydrogens (tertiary/aromatic N) is 5. The zero-order chi connectivity index (χ0) is 37.7. The van der Waals surface area contributed by atoms with E-state index in [0.717, 1.165) is 57.7 Å². The number of pyridine rings is 1. The lowest BCUT2D eigenvalue weighted by Crippen LogP contribution is -2.51. The normalized spacial score (nSPS) is 26.2. The Morgan fingerprint density at radius 3 is 2.50 bits per heavy atom. The maximum atomic E-state index is 17.4. The van der Waals surface area contributed by atoms with Gasteiger partial charge in [0.2, 0.25) is 0 Å². The molecule has 3 unspecified atom stereocenters. The summed E-state index contributed by atoms with van der Waals surface area (Å²) in [4.78, 5) is 19.3.